The van der Waals surface area contributed by atoms with Crippen LogP contribution in [0.25, 0.3) is 0 Å². The monoisotopic (exact) mass is 318 g/mol. The van der Waals surface area contributed by atoms with Gasteiger partial charge in [0, 0.05) is 11.4 Å². The van der Waals surface area contributed by atoms with E-state index in [2.05, 4.69) is 0 Å². The third-order valence-electron chi connectivity index (χ3n) is 3.28. The van der Waals surface area contributed by atoms with E-state index < -0.39 is 0 Å². The van der Waals surface area contributed by atoms with Gasteiger partial charge in [-0.25, -0.2) is 0 Å². The van der Waals surface area contributed by atoms with Crippen LogP contribution in [0.1, 0.15) is 24.5 Å². The van der Waals surface area contributed by atoms with E-state index in [0.29, 0.717) is 36.0 Å². The van der Waals surface area contributed by atoms with Crippen LogP contribution in [0.15, 0.2) is 42.5 Å². The highest BCUT2D eigenvalue weighted by Crippen LogP contribution is 2.29. The normalized spacial score (nSPS) is 10.3. The number of methoxy groups -OCH3 is 1. The molecular weight excluding hydrogens is 300 g/mol. The van der Waals surface area contributed by atoms with Crippen LogP contribution in [-0.4, -0.2) is 12.9 Å². The molecule has 2 rings (SSSR count). The standard InChI is InChI=1S/C18H19ClO3/c1-13(20)6-7-14-8-9-17(18(11-14)21-2)22-12-15-4-3-5-16(19)10-15/h3-5,8-11H,6-7,12H2,1-2H3. The van der Waals surface area contributed by atoms with E-state index in [0.717, 1.165) is 11.1 Å². The van der Waals surface area contributed by atoms with Gasteiger partial charge in [-0.1, -0.05) is 29.8 Å². The lowest BCUT2D eigenvalue weighted by molar-refractivity contribution is -0.116. The first-order valence-corrected chi connectivity index (χ1v) is 7.50. The Bertz CT molecular complexity index is 653. The van der Waals surface area contributed by atoms with Gasteiger partial charge in [-0.2, -0.15) is 0 Å². The molecule has 0 spiro atoms. The molecule has 22 heavy (non-hydrogen) atoms. The Morgan fingerprint density at radius 1 is 1.09 bits per heavy atom. The number of hydrogen-bond acceptors (Lipinski definition) is 3. The summed E-state index contributed by atoms with van der Waals surface area (Å²) < 4.78 is 11.2. The zero-order valence-corrected chi connectivity index (χ0v) is 13.5. The molecule has 0 aromatic heterocycles. The molecule has 0 amide bonds. The number of carbonyl (C=O) groups excluding carboxylic acids is 1. The van der Waals surface area contributed by atoms with E-state index in [-0.39, 0.29) is 5.78 Å². The number of Topliss-reactive ketones (excluding diaryl/α,β-unsaturated/α-hetero) is 1. The Balaban J connectivity index is 2.05. The van der Waals surface area contributed by atoms with Gasteiger partial charge >= 0.3 is 0 Å². The molecule has 4 heteroatoms. The minimum Gasteiger partial charge on any atom is -0.493 e. The third kappa shape index (κ3) is 4.78. The molecule has 0 radical (unpaired) electrons. The highest BCUT2D eigenvalue weighted by Gasteiger charge is 2.07. The minimum absolute atomic E-state index is 0.181. The van der Waals surface area contributed by atoms with Crippen molar-refractivity contribution in [3.8, 4) is 11.5 Å². The SMILES string of the molecule is COc1cc(CCC(C)=O)ccc1OCc1cccc(Cl)c1. The third-order valence-corrected chi connectivity index (χ3v) is 3.51. The molecular formula is C18H19ClO3. The van der Waals surface area contributed by atoms with E-state index in [1.807, 2.05) is 42.5 Å². The molecule has 0 bridgehead atoms. The van der Waals surface area contributed by atoms with E-state index in [4.69, 9.17) is 21.1 Å². The lowest BCUT2D eigenvalue weighted by Crippen LogP contribution is -1.99. The molecule has 0 fully saturated rings. The number of ketones is 1. The van der Waals surface area contributed by atoms with Crippen LogP contribution in [0.3, 0.4) is 0 Å². The van der Waals surface area contributed by atoms with Gasteiger partial charge < -0.3 is 14.3 Å². The fraction of sp³-hybridized carbons (Fsp3) is 0.278. The van der Waals surface area contributed by atoms with Crippen LogP contribution in [0.5, 0.6) is 11.5 Å². The van der Waals surface area contributed by atoms with Crippen molar-refractivity contribution < 1.29 is 14.3 Å². The van der Waals surface area contributed by atoms with Crippen molar-refractivity contribution in [3.63, 3.8) is 0 Å². The van der Waals surface area contributed by atoms with E-state index >= 15 is 0 Å². The molecule has 0 aliphatic rings. The van der Waals surface area contributed by atoms with E-state index in [1.165, 1.54) is 0 Å². The van der Waals surface area contributed by atoms with Gasteiger partial charge in [0.1, 0.15) is 12.4 Å². The Hall–Kier alpha value is -2.00. The summed E-state index contributed by atoms with van der Waals surface area (Å²) in [5.74, 6) is 1.53. The summed E-state index contributed by atoms with van der Waals surface area (Å²) in [5, 5.41) is 0.688. The first kappa shape index (κ1) is 16.4. The van der Waals surface area contributed by atoms with Crippen molar-refractivity contribution >= 4 is 17.4 Å². The van der Waals surface area contributed by atoms with Gasteiger partial charge in [0.15, 0.2) is 11.5 Å². The van der Waals surface area contributed by atoms with Gasteiger partial charge in [-0.3, -0.25) is 0 Å². The summed E-state index contributed by atoms with van der Waals surface area (Å²) in [6.07, 6.45) is 1.24. The second kappa shape index (κ2) is 7.85. The van der Waals surface area contributed by atoms with E-state index in [1.54, 1.807) is 14.0 Å². The number of aryl methyl sites for hydroxylation is 1. The number of ether oxygens (including phenoxy) is 2. The predicted octanol–water partition coefficient (Wildman–Crippen LogP) is 4.45. The van der Waals surface area contributed by atoms with E-state index in [9.17, 15) is 4.79 Å². The summed E-state index contributed by atoms with van der Waals surface area (Å²) in [6, 6.07) is 13.3. The lowest BCUT2D eigenvalue weighted by Gasteiger charge is -2.12. The summed E-state index contributed by atoms with van der Waals surface area (Å²) in [4.78, 5) is 11.1. The number of halogens is 1. The van der Waals surface area contributed by atoms with Crippen molar-refractivity contribution in [2.75, 3.05) is 7.11 Å². The number of hydrogen-bond donors (Lipinski definition) is 0. The average molecular weight is 319 g/mol. The average Bonchev–Trinajstić information content (AvgIpc) is 2.51. The van der Waals surface area contributed by atoms with Crippen LogP contribution in [0, 0.1) is 0 Å². The molecule has 0 saturated heterocycles. The fourth-order valence-corrected chi connectivity index (χ4v) is 2.31. The van der Waals surface area contributed by atoms with Crippen LogP contribution in [-0.2, 0) is 17.8 Å². The van der Waals surface area contributed by atoms with Crippen LogP contribution in [0.2, 0.25) is 5.02 Å². The molecule has 2 aromatic carbocycles. The molecule has 0 saturated carbocycles. The number of benzene rings is 2. The zero-order valence-electron chi connectivity index (χ0n) is 12.8. The van der Waals surface area contributed by atoms with Gasteiger partial charge in [0.2, 0.25) is 0 Å². The molecule has 0 unspecified atom stereocenters. The largest absolute Gasteiger partial charge is 0.493 e. The fourth-order valence-electron chi connectivity index (χ4n) is 2.09. The maximum absolute atomic E-state index is 11.1. The minimum atomic E-state index is 0.181. The summed E-state index contributed by atoms with van der Waals surface area (Å²) in [5.41, 5.74) is 2.05. The Kier molecular flexibility index (Phi) is 5.84. The van der Waals surface area contributed by atoms with Crippen LogP contribution >= 0.6 is 11.6 Å². The second-order valence-corrected chi connectivity index (χ2v) is 5.54. The van der Waals surface area contributed by atoms with Gasteiger partial charge in [-0.15, -0.1) is 0 Å². The Morgan fingerprint density at radius 3 is 2.59 bits per heavy atom. The highest BCUT2D eigenvalue weighted by atomic mass is 35.5. The zero-order chi connectivity index (χ0) is 15.9. The molecule has 2 aromatic rings. The van der Waals surface area contributed by atoms with Crippen LogP contribution in [0.4, 0.5) is 0 Å². The van der Waals surface area contributed by atoms with Gasteiger partial charge in [0.05, 0.1) is 7.11 Å². The molecule has 3 nitrogen and oxygen atoms in total. The predicted molar refractivity (Wildman–Crippen MR) is 87.8 cm³/mol. The first-order valence-electron chi connectivity index (χ1n) is 7.12. The van der Waals surface area contributed by atoms with Crippen molar-refractivity contribution in [2.24, 2.45) is 0 Å². The smallest absolute Gasteiger partial charge is 0.161 e. The summed E-state index contributed by atoms with van der Waals surface area (Å²) >= 11 is 5.96. The first-order chi connectivity index (χ1) is 10.6. The number of carbonyl (C=O) groups is 1. The molecule has 0 aliphatic carbocycles. The van der Waals surface area contributed by atoms with Gasteiger partial charge in [0.25, 0.3) is 0 Å². The molecule has 0 aliphatic heterocycles. The molecule has 0 N–H and O–H groups in total. The molecule has 0 heterocycles. The van der Waals surface area contributed by atoms with Crippen molar-refractivity contribution in [1.82, 2.24) is 0 Å². The number of rotatable bonds is 7. The van der Waals surface area contributed by atoms with Crippen molar-refractivity contribution in [2.45, 2.75) is 26.4 Å². The van der Waals surface area contributed by atoms with Gasteiger partial charge in [-0.05, 0) is 48.7 Å². The molecule has 116 valence electrons. The Labute approximate surface area is 135 Å². The quantitative estimate of drug-likeness (QED) is 0.756. The maximum Gasteiger partial charge on any atom is 0.161 e. The van der Waals surface area contributed by atoms with Crippen molar-refractivity contribution in [1.29, 1.82) is 0 Å². The summed E-state index contributed by atoms with van der Waals surface area (Å²) in [7, 11) is 1.61. The van der Waals surface area contributed by atoms with Crippen LogP contribution < -0.4 is 9.47 Å². The Morgan fingerprint density at radius 2 is 1.91 bits per heavy atom. The topological polar surface area (TPSA) is 35.5 Å². The lowest BCUT2D eigenvalue weighted by atomic mass is 10.1. The maximum atomic E-state index is 11.1. The second-order valence-electron chi connectivity index (χ2n) is 5.11. The summed E-state index contributed by atoms with van der Waals surface area (Å²) in [6.45, 7) is 2.02. The highest BCUT2D eigenvalue weighted by molar-refractivity contribution is 6.30. The van der Waals surface area contributed by atoms with Crippen molar-refractivity contribution in [3.05, 3.63) is 58.6 Å². The molecule has 0 atom stereocenters.